The molecule has 0 aliphatic heterocycles. The summed E-state index contributed by atoms with van der Waals surface area (Å²) in [5, 5.41) is 0. The zero-order valence-electron chi connectivity index (χ0n) is 10.5. The first-order valence-corrected chi connectivity index (χ1v) is 6.61. The molecule has 1 spiro atoms. The van der Waals surface area contributed by atoms with E-state index in [-0.39, 0.29) is 0 Å². The van der Waals surface area contributed by atoms with Crippen molar-refractivity contribution in [3.8, 4) is 0 Å². The fourth-order valence-electron chi connectivity index (χ4n) is 5.52. The van der Waals surface area contributed by atoms with Crippen molar-refractivity contribution in [3.05, 3.63) is 12.2 Å². The highest BCUT2D eigenvalue weighted by Crippen LogP contribution is 2.78. The molecule has 3 rings (SSSR count). The molecule has 3 aliphatic rings. The normalized spacial score (nSPS) is 51.9. The second-order valence-electron chi connectivity index (χ2n) is 7.25. The molecule has 3 fully saturated rings. The van der Waals surface area contributed by atoms with Gasteiger partial charge in [0.1, 0.15) is 0 Å². The Morgan fingerprint density at radius 1 is 1.20 bits per heavy atom. The van der Waals surface area contributed by atoms with E-state index in [1.807, 2.05) is 0 Å². The summed E-state index contributed by atoms with van der Waals surface area (Å²) in [6.07, 6.45) is 8.49. The molecule has 0 saturated heterocycles. The fraction of sp³-hybridized carbons (Fsp3) is 0.867. The van der Waals surface area contributed by atoms with Crippen LogP contribution in [0.1, 0.15) is 59.3 Å². The average Bonchev–Trinajstić information content (AvgIpc) is 2.37. The van der Waals surface area contributed by atoms with Crippen molar-refractivity contribution in [1.29, 1.82) is 0 Å². The lowest BCUT2D eigenvalue weighted by Gasteiger charge is -2.66. The SMILES string of the molecule is C=C1CCC[C@]2(C)CCC3C(C)(C)C[C@]132. The molecule has 0 heterocycles. The predicted octanol–water partition coefficient (Wildman–Crippen LogP) is 4.56. The third-order valence-electron chi connectivity index (χ3n) is 6.17. The highest BCUT2D eigenvalue weighted by Gasteiger charge is 2.70. The molecule has 3 atom stereocenters. The Labute approximate surface area is 94.1 Å². The molecule has 0 aromatic rings. The van der Waals surface area contributed by atoms with Gasteiger partial charge in [0.25, 0.3) is 0 Å². The van der Waals surface area contributed by atoms with Gasteiger partial charge in [-0.15, -0.1) is 0 Å². The summed E-state index contributed by atoms with van der Waals surface area (Å²) in [4.78, 5) is 0. The standard InChI is InChI=1S/C15H24/c1-11-6-5-8-14(4)9-7-12-13(2,3)10-15(11,12)14/h12H,1,5-10H2,2-4H3/t12?,14-,15+/m1/s1. The molecule has 0 heteroatoms. The minimum absolute atomic E-state index is 0.564. The lowest BCUT2D eigenvalue weighted by atomic mass is 9.38. The van der Waals surface area contributed by atoms with Gasteiger partial charge in [-0.05, 0) is 55.3 Å². The number of hydrogen-bond donors (Lipinski definition) is 0. The van der Waals surface area contributed by atoms with E-state index in [9.17, 15) is 0 Å². The lowest BCUT2D eigenvalue weighted by molar-refractivity contribution is -0.125. The van der Waals surface area contributed by atoms with Crippen molar-refractivity contribution in [3.63, 3.8) is 0 Å². The maximum absolute atomic E-state index is 4.44. The predicted molar refractivity (Wildman–Crippen MR) is 64.7 cm³/mol. The molecule has 15 heavy (non-hydrogen) atoms. The van der Waals surface area contributed by atoms with E-state index < -0.39 is 0 Å². The van der Waals surface area contributed by atoms with Crippen LogP contribution in [0.25, 0.3) is 0 Å². The van der Waals surface area contributed by atoms with Crippen LogP contribution in [0.3, 0.4) is 0 Å². The van der Waals surface area contributed by atoms with Gasteiger partial charge >= 0.3 is 0 Å². The fourth-order valence-corrected chi connectivity index (χ4v) is 5.52. The Kier molecular flexibility index (Phi) is 1.67. The Morgan fingerprint density at radius 2 is 1.93 bits per heavy atom. The van der Waals surface area contributed by atoms with E-state index in [0.29, 0.717) is 16.2 Å². The van der Waals surface area contributed by atoms with Gasteiger partial charge in [-0.3, -0.25) is 0 Å². The Bertz CT molecular complexity index is 325. The monoisotopic (exact) mass is 204 g/mol. The van der Waals surface area contributed by atoms with Gasteiger partial charge in [-0.2, -0.15) is 0 Å². The molecule has 0 N–H and O–H groups in total. The minimum atomic E-state index is 0.564. The molecule has 0 bridgehead atoms. The third kappa shape index (κ3) is 0.905. The Morgan fingerprint density at radius 3 is 2.60 bits per heavy atom. The largest absolute Gasteiger partial charge is 0.0993 e. The maximum atomic E-state index is 4.44. The van der Waals surface area contributed by atoms with E-state index in [1.165, 1.54) is 38.5 Å². The summed E-state index contributed by atoms with van der Waals surface area (Å²) >= 11 is 0. The van der Waals surface area contributed by atoms with Crippen LogP contribution in [0, 0.1) is 22.2 Å². The highest BCUT2D eigenvalue weighted by atomic mass is 14.7. The topological polar surface area (TPSA) is 0 Å². The second kappa shape index (κ2) is 2.52. The van der Waals surface area contributed by atoms with Crippen molar-refractivity contribution in [1.82, 2.24) is 0 Å². The van der Waals surface area contributed by atoms with Crippen molar-refractivity contribution in [2.45, 2.75) is 59.3 Å². The van der Waals surface area contributed by atoms with Gasteiger partial charge in [-0.25, -0.2) is 0 Å². The summed E-state index contributed by atoms with van der Waals surface area (Å²) in [5.41, 5.74) is 3.38. The molecular weight excluding hydrogens is 180 g/mol. The lowest BCUT2D eigenvalue weighted by Crippen LogP contribution is -2.58. The van der Waals surface area contributed by atoms with Crippen LogP contribution in [0.5, 0.6) is 0 Å². The zero-order valence-corrected chi connectivity index (χ0v) is 10.5. The number of hydrogen-bond acceptors (Lipinski definition) is 0. The maximum Gasteiger partial charge on any atom is 0.000144 e. The van der Waals surface area contributed by atoms with E-state index in [0.717, 1.165) is 5.92 Å². The van der Waals surface area contributed by atoms with Crippen LogP contribution in [0.2, 0.25) is 0 Å². The molecule has 3 saturated carbocycles. The van der Waals surface area contributed by atoms with Crippen LogP contribution in [0.15, 0.2) is 12.2 Å². The molecule has 0 radical (unpaired) electrons. The van der Waals surface area contributed by atoms with Crippen LogP contribution >= 0.6 is 0 Å². The summed E-state index contributed by atoms with van der Waals surface area (Å²) in [5.74, 6) is 0.947. The summed E-state index contributed by atoms with van der Waals surface area (Å²) in [6, 6.07) is 0. The van der Waals surface area contributed by atoms with Crippen molar-refractivity contribution >= 4 is 0 Å². The highest BCUT2D eigenvalue weighted by molar-refractivity contribution is 5.32. The minimum Gasteiger partial charge on any atom is -0.0993 e. The van der Waals surface area contributed by atoms with Crippen LogP contribution < -0.4 is 0 Å². The van der Waals surface area contributed by atoms with Crippen LogP contribution in [0.4, 0.5) is 0 Å². The molecule has 3 aliphatic carbocycles. The summed E-state index contributed by atoms with van der Waals surface area (Å²) in [6.45, 7) is 11.9. The van der Waals surface area contributed by atoms with E-state index in [1.54, 1.807) is 5.57 Å². The smallest absolute Gasteiger partial charge is 0.000144 e. The quantitative estimate of drug-likeness (QED) is 0.507. The zero-order chi connectivity index (χ0) is 10.9. The molecule has 0 amide bonds. The number of allylic oxidation sites excluding steroid dienone is 1. The van der Waals surface area contributed by atoms with E-state index >= 15 is 0 Å². The van der Waals surface area contributed by atoms with E-state index in [4.69, 9.17) is 0 Å². The second-order valence-corrected chi connectivity index (χ2v) is 7.25. The van der Waals surface area contributed by atoms with E-state index in [2.05, 4.69) is 27.4 Å². The average molecular weight is 204 g/mol. The van der Waals surface area contributed by atoms with Gasteiger partial charge in [0, 0.05) is 5.41 Å². The van der Waals surface area contributed by atoms with Crippen LogP contribution in [-0.2, 0) is 0 Å². The van der Waals surface area contributed by atoms with Gasteiger partial charge in [0.2, 0.25) is 0 Å². The Balaban J connectivity index is 2.05. The molecule has 0 nitrogen and oxygen atoms in total. The van der Waals surface area contributed by atoms with Gasteiger partial charge < -0.3 is 0 Å². The summed E-state index contributed by atoms with van der Waals surface area (Å²) in [7, 11) is 0. The molecular formula is C15H24. The van der Waals surface area contributed by atoms with Crippen molar-refractivity contribution in [2.75, 3.05) is 0 Å². The first kappa shape index (κ1) is 9.93. The molecule has 0 aromatic heterocycles. The number of rotatable bonds is 0. The van der Waals surface area contributed by atoms with Crippen molar-refractivity contribution < 1.29 is 0 Å². The molecule has 84 valence electrons. The van der Waals surface area contributed by atoms with Crippen molar-refractivity contribution in [2.24, 2.45) is 22.2 Å². The first-order chi connectivity index (χ1) is 6.92. The van der Waals surface area contributed by atoms with Gasteiger partial charge in [0.15, 0.2) is 0 Å². The van der Waals surface area contributed by atoms with Gasteiger partial charge in [0.05, 0.1) is 0 Å². The molecule has 0 aromatic carbocycles. The summed E-state index contributed by atoms with van der Waals surface area (Å²) < 4.78 is 0. The molecule has 1 unspecified atom stereocenters. The third-order valence-corrected chi connectivity index (χ3v) is 6.17. The first-order valence-electron chi connectivity index (χ1n) is 6.61. The Hall–Kier alpha value is -0.260. The van der Waals surface area contributed by atoms with Gasteiger partial charge in [-0.1, -0.05) is 32.9 Å². The van der Waals surface area contributed by atoms with Crippen LogP contribution in [-0.4, -0.2) is 0 Å².